The minimum Gasteiger partial charge on any atom is -0.425 e. The molecule has 7 heterocycles. The van der Waals surface area contributed by atoms with Crippen LogP contribution in [0.25, 0.3) is 90.9 Å². The number of nitrogens with zero attached hydrogens (tertiary/aromatic N) is 2. The van der Waals surface area contributed by atoms with Crippen molar-refractivity contribution >= 4 is 82.3 Å². The fourth-order valence-electron chi connectivity index (χ4n) is 9.97. The fraction of sp³-hybridized carbons (Fsp3) is 0.119. The van der Waals surface area contributed by atoms with E-state index in [2.05, 4.69) is 146 Å². The minimum absolute atomic E-state index is 0.153. The number of aromatic nitrogens is 4. The average molecular weight is 937 g/mol. The summed E-state index contributed by atoms with van der Waals surface area (Å²) in [6.45, 7) is 8.18. The molecule has 12 rings (SSSR count). The lowest BCUT2D eigenvalue weighted by Crippen LogP contribution is -2.22. The Morgan fingerprint density at radius 2 is 0.800 bits per heavy atom. The number of carbonyl (C=O) groups excluding carboxylic acids is 2. The van der Waals surface area contributed by atoms with Crippen LogP contribution in [0.3, 0.4) is 0 Å². The van der Waals surface area contributed by atoms with Gasteiger partial charge in [0.2, 0.25) is 0 Å². The standard InChI is InChI=1S/C59H48N6O4S/c1-33-12-9-13-34(2)54(33)58-46-26-22-42(62-46)56-37-16-5-7-18-40(37)60-30-52(66)68-50-20-11-21-51(39(50)32-70)69-53(67)31-61-41-19-8-6-17-38(41)57(43-23-27-47(58)63-43)45-25-29-49(65-45)59(48-28-24-44(56)64-48)55-35(3)14-10-15-36(55)4/h5-29,60-62,65,70H,30-32H2,1-4H3. The number of esters is 2. The molecule has 10 nitrogen and oxygen atoms in total. The molecule has 4 aliphatic rings. The molecule has 3 aromatic heterocycles. The molecule has 0 spiro atoms. The van der Waals surface area contributed by atoms with E-state index in [0.29, 0.717) is 16.9 Å². The lowest BCUT2D eigenvalue weighted by atomic mass is 9.94. The number of H-pyrrole nitrogens is 2. The quantitative estimate of drug-likeness (QED) is 0.0672. The molecule has 0 atom stereocenters. The number of nitrogens with one attached hydrogen (secondary N) is 4. The van der Waals surface area contributed by atoms with Crippen molar-refractivity contribution in [2.45, 2.75) is 33.4 Å². The first-order valence-corrected chi connectivity index (χ1v) is 23.9. The van der Waals surface area contributed by atoms with Crippen LogP contribution in [0.15, 0.2) is 127 Å². The smallest absolute Gasteiger partial charge is 0.330 e. The lowest BCUT2D eigenvalue weighted by molar-refractivity contribution is -0.132. The molecular formula is C59H48N6O4S. The van der Waals surface area contributed by atoms with Gasteiger partial charge in [-0.1, -0.05) is 78.9 Å². The van der Waals surface area contributed by atoms with Crippen LogP contribution < -0.4 is 20.1 Å². The second-order valence-corrected chi connectivity index (χ2v) is 18.0. The maximum Gasteiger partial charge on any atom is 0.330 e. The fourth-order valence-corrected chi connectivity index (χ4v) is 10.3. The van der Waals surface area contributed by atoms with Crippen LogP contribution in [0, 0.1) is 27.7 Å². The minimum atomic E-state index is -0.541. The van der Waals surface area contributed by atoms with Gasteiger partial charge in [0.1, 0.15) is 24.6 Å². The number of fused-ring (bicyclic) bond motifs is 6. The number of ether oxygens (including phenoxy) is 2. The van der Waals surface area contributed by atoms with E-state index >= 15 is 0 Å². The monoisotopic (exact) mass is 936 g/mol. The van der Waals surface area contributed by atoms with Crippen molar-refractivity contribution in [3.05, 3.63) is 178 Å². The van der Waals surface area contributed by atoms with Crippen molar-refractivity contribution in [3.63, 3.8) is 0 Å². The number of aryl methyl sites for hydroxylation is 4. The summed E-state index contributed by atoms with van der Waals surface area (Å²) in [5.74, 6) is -0.429. The van der Waals surface area contributed by atoms with E-state index in [1.807, 2.05) is 48.5 Å². The van der Waals surface area contributed by atoms with E-state index in [0.717, 1.165) is 112 Å². The normalized spacial score (nSPS) is 13.3. The average Bonchev–Trinajstić information content (AvgIpc) is 4.21. The first-order valence-electron chi connectivity index (χ1n) is 23.2. The van der Waals surface area contributed by atoms with E-state index in [1.54, 1.807) is 18.2 Å². The number of hydrogen-bond donors (Lipinski definition) is 5. The topological polar surface area (TPSA) is 134 Å². The molecule has 12 bridgehead atoms. The Labute approximate surface area is 410 Å². The van der Waals surface area contributed by atoms with Crippen LogP contribution in [0.4, 0.5) is 11.4 Å². The van der Waals surface area contributed by atoms with Crippen LogP contribution in [0.5, 0.6) is 11.5 Å². The summed E-state index contributed by atoms with van der Waals surface area (Å²) in [4.78, 5) is 46.4. The Bertz CT molecular complexity index is 3440. The summed E-state index contributed by atoms with van der Waals surface area (Å²) in [5, 5.41) is 6.79. The van der Waals surface area contributed by atoms with Gasteiger partial charge in [-0.15, -0.1) is 0 Å². The number of anilines is 2. The summed E-state index contributed by atoms with van der Waals surface area (Å²) in [6.07, 6.45) is 8.32. The molecule has 0 saturated heterocycles. The highest BCUT2D eigenvalue weighted by Gasteiger charge is 2.24. The molecule has 11 heteroatoms. The number of para-hydroxylation sites is 2. The Kier molecular flexibility index (Phi) is 11.5. The van der Waals surface area contributed by atoms with Crippen LogP contribution in [-0.2, 0) is 15.3 Å². The van der Waals surface area contributed by atoms with Crippen molar-refractivity contribution in [3.8, 4) is 56.0 Å². The maximum absolute atomic E-state index is 13.8. The van der Waals surface area contributed by atoms with E-state index in [-0.39, 0.29) is 30.3 Å². The van der Waals surface area contributed by atoms with Gasteiger partial charge < -0.3 is 30.1 Å². The van der Waals surface area contributed by atoms with Crippen molar-refractivity contribution < 1.29 is 19.1 Å². The lowest BCUT2D eigenvalue weighted by Gasteiger charge is -2.16. The van der Waals surface area contributed by atoms with Crippen LogP contribution in [0.2, 0.25) is 0 Å². The molecule has 4 N–H and O–H groups in total. The number of thiol groups is 1. The van der Waals surface area contributed by atoms with Crippen molar-refractivity contribution in [1.29, 1.82) is 0 Å². The van der Waals surface area contributed by atoms with Crippen LogP contribution in [0.1, 0.15) is 50.6 Å². The molecule has 5 aromatic carbocycles. The molecule has 70 heavy (non-hydrogen) atoms. The van der Waals surface area contributed by atoms with Gasteiger partial charge in [0.05, 0.1) is 22.8 Å². The number of benzene rings is 5. The second kappa shape index (κ2) is 18.2. The zero-order valence-electron chi connectivity index (χ0n) is 39.0. The zero-order valence-corrected chi connectivity index (χ0v) is 39.9. The zero-order chi connectivity index (χ0) is 48.0. The molecule has 0 unspecified atom stereocenters. The molecule has 0 aliphatic carbocycles. The van der Waals surface area contributed by atoms with E-state index in [9.17, 15) is 9.59 Å². The van der Waals surface area contributed by atoms with Gasteiger partial charge in [0, 0.05) is 78.1 Å². The molecule has 8 aromatic rings. The van der Waals surface area contributed by atoms with Gasteiger partial charge in [-0.2, -0.15) is 12.6 Å². The van der Waals surface area contributed by atoms with Gasteiger partial charge >= 0.3 is 11.9 Å². The second-order valence-electron chi connectivity index (χ2n) is 17.7. The van der Waals surface area contributed by atoms with Crippen molar-refractivity contribution in [1.82, 2.24) is 19.9 Å². The Balaban J connectivity index is 1.30. The van der Waals surface area contributed by atoms with Gasteiger partial charge in [-0.3, -0.25) is 0 Å². The Hall–Kier alpha value is -8.41. The molecule has 0 fully saturated rings. The number of aromatic amines is 2. The van der Waals surface area contributed by atoms with Crippen molar-refractivity contribution in [2.75, 3.05) is 23.7 Å². The highest BCUT2D eigenvalue weighted by Crippen LogP contribution is 2.43. The number of hydrogen-bond acceptors (Lipinski definition) is 9. The summed E-state index contributed by atoms with van der Waals surface area (Å²) < 4.78 is 11.9. The third-order valence-electron chi connectivity index (χ3n) is 13.2. The number of carbonyl (C=O) groups is 2. The van der Waals surface area contributed by atoms with Gasteiger partial charge in [-0.25, -0.2) is 19.6 Å². The third kappa shape index (κ3) is 8.03. The summed E-state index contributed by atoms with van der Waals surface area (Å²) >= 11 is 4.56. The molecule has 0 saturated carbocycles. The SMILES string of the molecule is Cc1cccc(C)c1-c1c2nc(c3c4ccc([nH]4)c(-c4c(C)cccc4C)c4nc(c(c5ccc1[nH]5)-c1ccccc1NCC(=O)Oc1cccc(c1CS)OC(=O)CNc1ccccc1-3)C=C4)C=C2. The van der Waals surface area contributed by atoms with Gasteiger partial charge in [0.15, 0.2) is 0 Å². The maximum atomic E-state index is 13.8. The highest BCUT2D eigenvalue weighted by atomic mass is 32.1. The predicted molar refractivity (Wildman–Crippen MR) is 287 cm³/mol. The molecular weight excluding hydrogens is 889 g/mol. The molecule has 4 aliphatic heterocycles. The first kappa shape index (κ1) is 44.1. The summed E-state index contributed by atoms with van der Waals surface area (Å²) in [5.41, 5.74) is 20.0. The number of rotatable bonds is 3. The Morgan fingerprint density at radius 3 is 1.20 bits per heavy atom. The largest absolute Gasteiger partial charge is 0.425 e. The van der Waals surface area contributed by atoms with Gasteiger partial charge in [-0.05, 0) is 134 Å². The van der Waals surface area contributed by atoms with Crippen LogP contribution >= 0.6 is 12.6 Å². The van der Waals surface area contributed by atoms with E-state index in [4.69, 9.17) is 19.4 Å². The third-order valence-corrected chi connectivity index (χ3v) is 13.5. The predicted octanol–water partition coefficient (Wildman–Crippen LogP) is 13.3. The Morgan fingerprint density at radius 1 is 0.443 bits per heavy atom. The molecule has 0 amide bonds. The van der Waals surface area contributed by atoms with E-state index < -0.39 is 11.9 Å². The van der Waals surface area contributed by atoms with Crippen molar-refractivity contribution in [2.24, 2.45) is 0 Å². The molecule has 344 valence electrons. The summed E-state index contributed by atoms with van der Waals surface area (Å²) in [7, 11) is 0. The van der Waals surface area contributed by atoms with Crippen LogP contribution in [-0.4, -0.2) is 45.0 Å². The van der Waals surface area contributed by atoms with E-state index in [1.165, 1.54) is 0 Å². The first-order chi connectivity index (χ1) is 34.1. The highest BCUT2D eigenvalue weighted by molar-refractivity contribution is 7.79. The summed E-state index contributed by atoms with van der Waals surface area (Å²) in [6, 6.07) is 41.9. The molecule has 0 radical (unpaired) electrons. The van der Waals surface area contributed by atoms with Gasteiger partial charge in [0.25, 0.3) is 0 Å².